The Hall–Kier alpha value is -2.12. The first kappa shape index (κ1) is 18.7. The van der Waals surface area contributed by atoms with Crippen LogP contribution in [0, 0.1) is 13.8 Å². The van der Waals surface area contributed by atoms with Crippen LogP contribution < -0.4 is 10.0 Å². The van der Waals surface area contributed by atoms with E-state index in [0.717, 1.165) is 22.3 Å². The number of sulfonamides is 1. The number of fused-ring (bicyclic) bond motifs is 1. The lowest BCUT2D eigenvalue weighted by Gasteiger charge is -2.13. The normalized spacial score (nSPS) is 11.9. The van der Waals surface area contributed by atoms with Crippen molar-refractivity contribution >= 4 is 43.0 Å². The molecule has 0 spiro atoms. The summed E-state index contributed by atoms with van der Waals surface area (Å²) < 4.78 is 27.7. The molecule has 0 atom stereocenters. The van der Waals surface area contributed by atoms with Gasteiger partial charge in [0.05, 0.1) is 21.0 Å². The van der Waals surface area contributed by atoms with Gasteiger partial charge >= 0.3 is 0 Å². The Morgan fingerprint density at radius 3 is 2.50 bits per heavy atom. The number of nitrogens with one attached hydrogen (secondary N) is 2. The van der Waals surface area contributed by atoms with E-state index in [4.69, 9.17) is 0 Å². The molecular formula is C19H23N3O2S2. The third kappa shape index (κ3) is 3.83. The van der Waals surface area contributed by atoms with E-state index in [0.29, 0.717) is 12.2 Å². The molecule has 0 amide bonds. The molecule has 7 heteroatoms. The lowest BCUT2D eigenvalue weighted by Crippen LogP contribution is -2.22. The molecule has 5 nitrogen and oxygen atoms in total. The number of hydrogen-bond acceptors (Lipinski definition) is 5. The number of thiazole rings is 1. The van der Waals surface area contributed by atoms with E-state index < -0.39 is 15.3 Å². The molecule has 0 aliphatic carbocycles. The molecule has 3 aromatic rings. The predicted octanol–water partition coefficient (Wildman–Crippen LogP) is 4.68. The fourth-order valence-electron chi connectivity index (χ4n) is 2.66. The van der Waals surface area contributed by atoms with Gasteiger partial charge in [-0.3, -0.25) is 4.72 Å². The molecule has 0 bridgehead atoms. The molecule has 0 saturated heterocycles. The highest BCUT2D eigenvalue weighted by Crippen LogP contribution is 2.31. The van der Waals surface area contributed by atoms with Crippen LogP contribution in [0.2, 0.25) is 0 Å². The van der Waals surface area contributed by atoms with Crippen molar-refractivity contribution < 1.29 is 8.42 Å². The van der Waals surface area contributed by atoms with E-state index in [-0.39, 0.29) is 0 Å². The summed E-state index contributed by atoms with van der Waals surface area (Å²) in [6.45, 7) is 8.16. The number of anilines is 2. The maximum atomic E-state index is 11.9. The van der Waals surface area contributed by atoms with Crippen LogP contribution in [0.25, 0.3) is 10.2 Å². The van der Waals surface area contributed by atoms with Crippen molar-refractivity contribution in [1.82, 2.24) is 4.98 Å². The highest BCUT2D eigenvalue weighted by Gasteiger charge is 2.15. The Morgan fingerprint density at radius 1 is 1.15 bits per heavy atom. The molecule has 0 unspecified atom stereocenters. The van der Waals surface area contributed by atoms with Crippen molar-refractivity contribution in [2.24, 2.45) is 0 Å². The zero-order valence-electron chi connectivity index (χ0n) is 15.3. The number of aryl methyl sites for hydroxylation is 2. The molecule has 3 rings (SSSR count). The quantitative estimate of drug-likeness (QED) is 0.642. The monoisotopic (exact) mass is 389 g/mol. The average Bonchev–Trinajstić information content (AvgIpc) is 3.08. The van der Waals surface area contributed by atoms with E-state index in [1.54, 1.807) is 37.3 Å². The maximum Gasteiger partial charge on any atom is 0.235 e. The number of hydrogen-bond donors (Lipinski definition) is 2. The molecule has 0 radical (unpaired) electrons. The highest BCUT2D eigenvalue weighted by atomic mass is 32.2. The smallest absolute Gasteiger partial charge is 0.235 e. The highest BCUT2D eigenvalue weighted by molar-refractivity contribution is 7.93. The van der Waals surface area contributed by atoms with Crippen LogP contribution in [-0.2, 0) is 16.6 Å². The summed E-state index contributed by atoms with van der Waals surface area (Å²) in [5, 5.41) is 3.02. The average molecular weight is 390 g/mol. The fourth-order valence-corrected chi connectivity index (χ4v) is 4.24. The van der Waals surface area contributed by atoms with Gasteiger partial charge in [0, 0.05) is 17.9 Å². The summed E-state index contributed by atoms with van der Waals surface area (Å²) >= 11 is 1.66. The molecule has 1 heterocycles. The minimum absolute atomic E-state index is 0.461. The molecule has 0 fully saturated rings. The molecule has 0 aliphatic heterocycles. The number of benzene rings is 2. The minimum atomic E-state index is -3.32. The number of rotatable bonds is 6. The van der Waals surface area contributed by atoms with E-state index in [1.807, 2.05) is 17.6 Å². The largest absolute Gasteiger partial charge is 0.381 e. The number of nitrogens with zero attached hydrogens (tertiary/aromatic N) is 1. The van der Waals surface area contributed by atoms with E-state index >= 15 is 0 Å². The lowest BCUT2D eigenvalue weighted by atomic mass is 10.1. The van der Waals surface area contributed by atoms with Gasteiger partial charge in [-0.15, -0.1) is 11.3 Å². The van der Waals surface area contributed by atoms with Gasteiger partial charge in [0.1, 0.15) is 0 Å². The summed E-state index contributed by atoms with van der Waals surface area (Å²) in [6, 6.07) is 9.57. The zero-order valence-corrected chi connectivity index (χ0v) is 17.0. The second-order valence-corrected chi connectivity index (χ2v) is 9.73. The van der Waals surface area contributed by atoms with E-state index in [2.05, 4.69) is 34.9 Å². The first-order chi connectivity index (χ1) is 12.3. The second kappa shape index (κ2) is 7.25. The number of aromatic nitrogens is 1. The Balaban J connectivity index is 1.72. The van der Waals surface area contributed by atoms with E-state index in [9.17, 15) is 8.42 Å². The Bertz CT molecular complexity index is 1020. The van der Waals surface area contributed by atoms with Crippen LogP contribution in [0.5, 0.6) is 0 Å². The molecule has 138 valence electrons. The van der Waals surface area contributed by atoms with Crippen LogP contribution in [0.4, 0.5) is 11.4 Å². The Morgan fingerprint density at radius 2 is 1.85 bits per heavy atom. The molecule has 0 aliphatic rings. The lowest BCUT2D eigenvalue weighted by molar-refractivity contribution is 0.593. The maximum absolute atomic E-state index is 11.9. The van der Waals surface area contributed by atoms with Gasteiger partial charge in [0.2, 0.25) is 10.0 Å². The topological polar surface area (TPSA) is 71.1 Å². The minimum Gasteiger partial charge on any atom is -0.381 e. The van der Waals surface area contributed by atoms with Crippen molar-refractivity contribution in [3.05, 3.63) is 52.5 Å². The van der Waals surface area contributed by atoms with Crippen molar-refractivity contribution in [1.29, 1.82) is 0 Å². The molecule has 2 aromatic carbocycles. The molecule has 2 N–H and O–H groups in total. The van der Waals surface area contributed by atoms with Crippen LogP contribution >= 0.6 is 11.3 Å². The van der Waals surface area contributed by atoms with Gasteiger partial charge in [0.25, 0.3) is 0 Å². The third-order valence-electron chi connectivity index (χ3n) is 4.36. The van der Waals surface area contributed by atoms with Crippen molar-refractivity contribution in [2.45, 2.75) is 39.5 Å². The molecule has 26 heavy (non-hydrogen) atoms. The third-order valence-corrected chi connectivity index (χ3v) is 7.07. The summed E-state index contributed by atoms with van der Waals surface area (Å²) in [7, 11) is -3.32. The van der Waals surface area contributed by atoms with Crippen molar-refractivity contribution in [3.63, 3.8) is 0 Å². The first-order valence-corrected chi connectivity index (χ1v) is 10.9. The Kier molecular flexibility index (Phi) is 5.20. The van der Waals surface area contributed by atoms with Gasteiger partial charge in [-0.1, -0.05) is 12.1 Å². The van der Waals surface area contributed by atoms with Gasteiger partial charge in [0.15, 0.2) is 0 Å². The van der Waals surface area contributed by atoms with Gasteiger partial charge in [-0.2, -0.15) is 0 Å². The van der Waals surface area contributed by atoms with Gasteiger partial charge in [-0.05, 0) is 62.6 Å². The van der Waals surface area contributed by atoms with Crippen LogP contribution in [0.15, 0.2) is 35.8 Å². The van der Waals surface area contributed by atoms with Crippen LogP contribution in [0.3, 0.4) is 0 Å². The van der Waals surface area contributed by atoms with Crippen molar-refractivity contribution in [3.8, 4) is 0 Å². The summed E-state index contributed by atoms with van der Waals surface area (Å²) in [5.74, 6) is 0. The summed E-state index contributed by atoms with van der Waals surface area (Å²) in [5.41, 5.74) is 8.08. The summed E-state index contributed by atoms with van der Waals surface area (Å²) in [4.78, 5) is 4.42. The van der Waals surface area contributed by atoms with Crippen LogP contribution in [0.1, 0.15) is 30.5 Å². The van der Waals surface area contributed by atoms with Crippen molar-refractivity contribution in [2.75, 3.05) is 10.0 Å². The van der Waals surface area contributed by atoms with Crippen LogP contribution in [-0.4, -0.2) is 18.7 Å². The first-order valence-electron chi connectivity index (χ1n) is 8.46. The molecule has 0 saturated carbocycles. The zero-order chi connectivity index (χ0) is 18.9. The predicted molar refractivity (Wildman–Crippen MR) is 111 cm³/mol. The van der Waals surface area contributed by atoms with E-state index in [1.165, 1.54) is 10.3 Å². The standard InChI is InChI=1S/C19H23N3O2S2/c1-12(2)26(23,24)22-16-7-5-15(6-8-16)10-20-17-9-13(3)18-19(14(17)4)25-11-21-18/h5-9,11-12,20,22H,10H2,1-4H3. The molecular weight excluding hydrogens is 366 g/mol. The SMILES string of the molecule is Cc1cc(NCc2ccc(NS(=O)(=O)C(C)C)cc2)c(C)c2scnc12. The van der Waals surface area contributed by atoms with Gasteiger partial charge < -0.3 is 5.32 Å². The second-order valence-electron chi connectivity index (χ2n) is 6.64. The summed E-state index contributed by atoms with van der Waals surface area (Å²) in [6.07, 6.45) is 0. The van der Waals surface area contributed by atoms with Gasteiger partial charge in [-0.25, -0.2) is 13.4 Å². The Labute approximate surface area is 158 Å². The molecule has 1 aromatic heterocycles. The fraction of sp³-hybridized carbons (Fsp3) is 0.316.